The largest absolute Gasteiger partial charge is 0.310 e. The van der Waals surface area contributed by atoms with E-state index in [2.05, 4.69) is 27.8 Å². The lowest BCUT2D eigenvalue weighted by atomic mass is 10.1. The number of halogens is 2. The van der Waals surface area contributed by atoms with Crippen LogP contribution in [0.2, 0.25) is 0 Å². The highest BCUT2D eigenvalue weighted by atomic mass is 79.9. The SMILES string of the molecule is C=CC(NC)c1ccc(Br)cc1F. The van der Waals surface area contributed by atoms with Crippen LogP contribution in [-0.2, 0) is 0 Å². The van der Waals surface area contributed by atoms with E-state index >= 15 is 0 Å². The van der Waals surface area contributed by atoms with Crippen molar-refractivity contribution in [2.45, 2.75) is 6.04 Å². The predicted octanol–water partition coefficient (Wildman–Crippen LogP) is 3.03. The Hall–Kier alpha value is -0.670. The van der Waals surface area contributed by atoms with Gasteiger partial charge >= 0.3 is 0 Å². The highest BCUT2D eigenvalue weighted by Crippen LogP contribution is 2.21. The van der Waals surface area contributed by atoms with E-state index in [1.807, 2.05) is 6.07 Å². The van der Waals surface area contributed by atoms with Gasteiger partial charge in [-0.25, -0.2) is 4.39 Å². The fraction of sp³-hybridized carbons (Fsp3) is 0.200. The molecule has 0 radical (unpaired) electrons. The molecule has 0 fully saturated rings. The molecule has 0 aliphatic carbocycles. The summed E-state index contributed by atoms with van der Waals surface area (Å²) >= 11 is 3.20. The summed E-state index contributed by atoms with van der Waals surface area (Å²) in [5.41, 5.74) is 0.612. The molecule has 13 heavy (non-hydrogen) atoms. The van der Waals surface area contributed by atoms with E-state index in [9.17, 15) is 4.39 Å². The van der Waals surface area contributed by atoms with Gasteiger partial charge < -0.3 is 5.32 Å². The van der Waals surface area contributed by atoms with Gasteiger partial charge in [0, 0.05) is 10.0 Å². The van der Waals surface area contributed by atoms with Crippen LogP contribution in [0.4, 0.5) is 4.39 Å². The molecule has 0 amide bonds. The van der Waals surface area contributed by atoms with Gasteiger partial charge in [0.1, 0.15) is 5.82 Å². The van der Waals surface area contributed by atoms with Gasteiger partial charge in [0.2, 0.25) is 0 Å². The van der Waals surface area contributed by atoms with Crippen molar-refractivity contribution in [3.8, 4) is 0 Å². The van der Waals surface area contributed by atoms with Gasteiger partial charge in [-0.15, -0.1) is 6.58 Å². The van der Waals surface area contributed by atoms with E-state index in [1.54, 1.807) is 19.2 Å². The summed E-state index contributed by atoms with van der Waals surface area (Å²) < 4.78 is 14.1. The summed E-state index contributed by atoms with van der Waals surface area (Å²) in [7, 11) is 1.77. The Kier molecular flexibility index (Phi) is 3.63. The molecule has 1 nitrogen and oxygen atoms in total. The number of rotatable bonds is 3. The smallest absolute Gasteiger partial charge is 0.129 e. The van der Waals surface area contributed by atoms with Gasteiger partial charge in [-0.1, -0.05) is 28.1 Å². The lowest BCUT2D eigenvalue weighted by Gasteiger charge is -2.12. The van der Waals surface area contributed by atoms with E-state index in [1.165, 1.54) is 6.07 Å². The van der Waals surface area contributed by atoms with Crippen molar-refractivity contribution < 1.29 is 4.39 Å². The van der Waals surface area contributed by atoms with E-state index in [-0.39, 0.29) is 11.9 Å². The molecule has 70 valence electrons. The van der Waals surface area contributed by atoms with E-state index < -0.39 is 0 Å². The van der Waals surface area contributed by atoms with Crippen molar-refractivity contribution in [1.29, 1.82) is 0 Å². The summed E-state index contributed by atoms with van der Waals surface area (Å²) in [6.07, 6.45) is 1.67. The monoisotopic (exact) mass is 243 g/mol. The van der Waals surface area contributed by atoms with E-state index in [0.717, 1.165) is 4.47 Å². The van der Waals surface area contributed by atoms with Crippen molar-refractivity contribution in [2.75, 3.05) is 7.05 Å². The molecule has 0 saturated carbocycles. The minimum Gasteiger partial charge on any atom is -0.310 e. The summed E-state index contributed by atoms with van der Waals surface area (Å²) in [6.45, 7) is 3.63. The Morgan fingerprint density at radius 1 is 1.62 bits per heavy atom. The maximum Gasteiger partial charge on any atom is 0.129 e. The standard InChI is InChI=1S/C10H11BrFN/c1-3-10(13-2)8-5-4-7(11)6-9(8)12/h3-6,10,13H,1H2,2H3. The van der Waals surface area contributed by atoms with Crippen molar-refractivity contribution in [3.05, 3.63) is 46.7 Å². The highest BCUT2D eigenvalue weighted by Gasteiger charge is 2.09. The fourth-order valence-corrected chi connectivity index (χ4v) is 1.49. The maximum absolute atomic E-state index is 13.4. The number of hydrogen-bond acceptors (Lipinski definition) is 1. The Balaban J connectivity index is 3.06. The molecule has 0 heterocycles. The highest BCUT2D eigenvalue weighted by molar-refractivity contribution is 9.10. The van der Waals surface area contributed by atoms with Gasteiger partial charge in [0.25, 0.3) is 0 Å². The first kappa shape index (κ1) is 10.4. The number of benzene rings is 1. The van der Waals surface area contributed by atoms with Gasteiger partial charge in [-0.05, 0) is 19.2 Å². The lowest BCUT2D eigenvalue weighted by Crippen LogP contribution is -2.14. The minimum absolute atomic E-state index is 0.131. The number of hydrogen-bond donors (Lipinski definition) is 1. The Morgan fingerprint density at radius 2 is 2.31 bits per heavy atom. The van der Waals surface area contributed by atoms with Crippen LogP contribution < -0.4 is 5.32 Å². The normalized spacial score (nSPS) is 12.5. The molecule has 1 aromatic carbocycles. The molecule has 1 N–H and O–H groups in total. The fourth-order valence-electron chi connectivity index (χ4n) is 1.15. The van der Waals surface area contributed by atoms with Gasteiger partial charge in [0.05, 0.1) is 6.04 Å². The lowest BCUT2D eigenvalue weighted by molar-refractivity contribution is 0.581. The topological polar surface area (TPSA) is 12.0 Å². The molecule has 1 rings (SSSR count). The van der Waals surface area contributed by atoms with E-state index in [0.29, 0.717) is 5.56 Å². The first-order valence-corrected chi connectivity index (χ1v) is 4.73. The molecule has 1 unspecified atom stereocenters. The van der Waals surface area contributed by atoms with Crippen LogP contribution in [0.25, 0.3) is 0 Å². The number of nitrogens with one attached hydrogen (secondary N) is 1. The van der Waals surface area contributed by atoms with Crippen molar-refractivity contribution in [3.63, 3.8) is 0 Å². The second-order valence-electron chi connectivity index (χ2n) is 2.67. The molecular weight excluding hydrogens is 233 g/mol. The van der Waals surface area contributed by atoms with Crippen LogP contribution >= 0.6 is 15.9 Å². The molecule has 0 aliphatic rings. The van der Waals surface area contributed by atoms with Crippen LogP contribution in [-0.4, -0.2) is 7.05 Å². The molecule has 1 aromatic rings. The Morgan fingerprint density at radius 3 is 2.77 bits per heavy atom. The first-order valence-electron chi connectivity index (χ1n) is 3.93. The molecule has 0 aliphatic heterocycles. The van der Waals surface area contributed by atoms with Crippen molar-refractivity contribution in [1.82, 2.24) is 5.32 Å². The average Bonchev–Trinajstić information content (AvgIpc) is 2.10. The van der Waals surface area contributed by atoms with Crippen molar-refractivity contribution >= 4 is 15.9 Å². The molecule has 0 spiro atoms. The summed E-state index contributed by atoms with van der Waals surface area (Å²) in [4.78, 5) is 0. The summed E-state index contributed by atoms with van der Waals surface area (Å²) in [6, 6.07) is 4.87. The minimum atomic E-state index is -0.228. The van der Waals surface area contributed by atoms with Crippen molar-refractivity contribution in [2.24, 2.45) is 0 Å². The van der Waals surface area contributed by atoms with Crippen LogP contribution in [0.5, 0.6) is 0 Å². The zero-order valence-corrected chi connectivity index (χ0v) is 8.94. The quantitative estimate of drug-likeness (QED) is 0.806. The zero-order valence-electron chi connectivity index (χ0n) is 7.35. The summed E-state index contributed by atoms with van der Waals surface area (Å²) in [5, 5.41) is 2.95. The first-order chi connectivity index (χ1) is 6.19. The van der Waals surface area contributed by atoms with Crippen LogP contribution in [0.3, 0.4) is 0 Å². The number of likely N-dealkylation sites (N-methyl/N-ethyl adjacent to an activating group) is 1. The van der Waals surface area contributed by atoms with Gasteiger partial charge in [-0.3, -0.25) is 0 Å². The third kappa shape index (κ3) is 2.39. The maximum atomic E-state index is 13.4. The second kappa shape index (κ2) is 4.53. The Labute approximate surface area is 85.8 Å². The van der Waals surface area contributed by atoms with E-state index in [4.69, 9.17) is 0 Å². The molecule has 1 atom stereocenters. The second-order valence-corrected chi connectivity index (χ2v) is 3.58. The van der Waals surface area contributed by atoms with Crippen LogP contribution in [0.1, 0.15) is 11.6 Å². The summed E-state index contributed by atoms with van der Waals surface area (Å²) in [5.74, 6) is -0.228. The van der Waals surface area contributed by atoms with Crippen LogP contribution in [0, 0.1) is 5.82 Å². The zero-order chi connectivity index (χ0) is 9.84. The van der Waals surface area contributed by atoms with Gasteiger partial charge in [0.15, 0.2) is 0 Å². The molecule has 0 bridgehead atoms. The molecule has 0 saturated heterocycles. The third-order valence-electron chi connectivity index (χ3n) is 1.84. The predicted molar refractivity (Wildman–Crippen MR) is 56.1 cm³/mol. The molecule has 0 aromatic heterocycles. The average molecular weight is 244 g/mol. The van der Waals surface area contributed by atoms with Crippen LogP contribution in [0.15, 0.2) is 35.3 Å². The third-order valence-corrected chi connectivity index (χ3v) is 2.34. The van der Waals surface area contributed by atoms with Gasteiger partial charge in [-0.2, -0.15) is 0 Å². The molecule has 3 heteroatoms. The Bertz CT molecular complexity index is 312. The molecular formula is C10H11BrFN.